The zero-order valence-electron chi connectivity index (χ0n) is 16.3. The quantitative estimate of drug-likeness (QED) is 0.301. The molecule has 0 fully saturated rings. The van der Waals surface area contributed by atoms with Gasteiger partial charge in [0.15, 0.2) is 5.75 Å². The third kappa shape index (κ3) is 2.74. The third-order valence-corrected chi connectivity index (χ3v) is 5.69. The van der Waals surface area contributed by atoms with Crippen molar-refractivity contribution in [2.24, 2.45) is 0 Å². The van der Waals surface area contributed by atoms with Crippen LogP contribution in [0.1, 0.15) is 11.1 Å². The second kappa shape index (κ2) is 6.96. The van der Waals surface area contributed by atoms with Crippen molar-refractivity contribution in [3.05, 3.63) is 69.8 Å². The second-order valence-electron chi connectivity index (χ2n) is 7.33. The number of phenolic OH excluding ortho intramolecular Hbond substituents is 1. The molecular formula is C23H19N3O4. The number of nitrogens with one attached hydrogen (secondary N) is 1. The van der Waals surface area contributed by atoms with Gasteiger partial charge in [-0.05, 0) is 47.0 Å². The fraction of sp³-hybridized carbons (Fsp3) is 0.174. The van der Waals surface area contributed by atoms with E-state index in [4.69, 9.17) is 9.72 Å². The lowest BCUT2D eigenvalue weighted by molar-refractivity contribution is -0.385. The van der Waals surface area contributed by atoms with Gasteiger partial charge in [-0.25, -0.2) is 4.98 Å². The molecule has 0 saturated carbocycles. The molecule has 0 unspecified atom stereocenters. The fourth-order valence-electron chi connectivity index (χ4n) is 4.31. The van der Waals surface area contributed by atoms with E-state index in [-0.39, 0.29) is 5.75 Å². The Kier molecular flexibility index (Phi) is 4.25. The van der Waals surface area contributed by atoms with E-state index < -0.39 is 16.4 Å². The van der Waals surface area contributed by atoms with E-state index in [1.54, 1.807) is 6.07 Å². The van der Waals surface area contributed by atoms with Gasteiger partial charge >= 0.3 is 5.69 Å². The summed E-state index contributed by atoms with van der Waals surface area (Å²) < 4.78 is 5.19. The number of aromatic hydroxyl groups is 1. The Morgan fingerprint density at radius 1 is 1.17 bits per heavy atom. The Labute approximate surface area is 172 Å². The molecule has 1 aliphatic heterocycles. The van der Waals surface area contributed by atoms with Crippen LogP contribution in [0.25, 0.3) is 32.9 Å². The van der Waals surface area contributed by atoms with Crippen molar-refractivity contribution in [2.45, 2.75) is 13.0 Å². The number of hydrogen-bond acceptors (Lipinski definition) is 6. The number of nitro groups is 1. The molecule has 7 nitrogen and oxygen atoms in total. The van der Waals surface area contributed by atoms with E-state index in [1.165, 1.54) is 18.7 Å². The van der Waals surface area contributed by atoms with Crippen molar-refractivity contribution >= 4 is 27.4 Å². The van der Waals surface area contributed by atoms with Crippen LogP contribution >= 0.6 is 0 Å². The molecule has 4 aromatic rings. The minimum absolute atomic E-state index is 0.0529. The maximum absolute atomic E-state index is 11.5. The number of fused-ring (bicyclic) bond motifs is 5. The molecule has 1 aliphatic rings. The van der Waals surface area contributed by atoms with Gasteiger partial charge in [-0.2, -0.15) is 0 Å². The number of ether oxygens (including phenoxy) is 1. The molecule has 7 heteroatoms. The molecule has 0 bridgehead atoms. The third-order valence-electron chi connectivity index (χ3n) is 5.69. The molecule has 30 heavy (non-hydrogen) atoms. The number of rotatable bonds is 3. The lowest BCUT2D eigenvalue weighted by Crippen LogP contribution is -2.25. The number of nitrogens with zero attached hydrogens (tertiary/aromatic N) is 2. The molecule has 0 atom stereocenters. The zero-order chi connectivity index (χ0) is 20.8. The van der Waals surface area contributed by atoms with E-state index >= 15 is 0 Å². The first-order valence-corrected chi connectivity index (χ1v) is 9.68. The van der Waals surface area contributed by atoms with E-state index in [1.807, 2.05) is 24.3 Å². The number of aromatic nitrogens is 1. The highest BCUT2D eigenvalue weighted by atomic mass is 16.6. The normalized spacial score (nSPS) is 13.4. The highest BCUT2D eigenvalue weighted by molar-refractivity contribution is 6.09. The fourth-order valence-corrected chi connectivity index (χ4v) is 4.31. The van der Waals surface area contributed by atoms with Crippen LogP contribution in [0.15, 0.2) is 48.5 Å². The first-order valence-electron chi connectivity index (χ1n) is 9.68. The van der Waals surface area contributed by atoms with E-state index in [0.29, 0.717) is 17.8 Å². The Balaban J connectivity index is 1.86. The lowest BCUT2D eigenvalue weighted by atomic mass is 9.90. The van der Waals surface area contributed by atoms with Gasteiger partial charge < -0.3 is 15.2 Å². The molecule has 0 aliphatic carbocycles. The summed E-state index contributed by atoms with van der Waals surface area (Å²) in [5, 5.41) is 28.5. The standard InChI is InChI=1S/C23H19N3O4/c1-30-20-11-14(10-19(23(20)27)26(28)29)22-17-12-24-9-8-16(17)21-15-5-3-2-4-13(15)6-7-18(21)25-22/h2-7,10-11,24,27H,8-9,12H2,1H3. The van der Waals surface area contributed by atoms with Gasteiger partial charge in [0.25, 0.3) is 0 Å². The molecule has 0 radical (unpaired) electrons. The number of hydrogen-bond donors (Lipinski definition) is 2. The maximum Gasteiger partial charge on any atom is 0.315 e. The first-order chi connectivity index (χ1) is 14.6. The number of benzene rings is 3. The van der Waals surface area contributed by atoms with Gasteiger partial charge in [0, 0.05) is 23.6 Å². The molecule has 0 saturated heterocycles. The molecular weight excluding hydrogens is 382 g/mol. The van der Waals surface area contributed by atoms with Crippen molar-refractivity contribution in [1.29, 1.82) is 0 Å². The van der Waals surface area contributed by atoms with Crippen LogP contribution < -0.4 is 10.1 Å². The molecule has 0 amide bonds. The Morgan fingerprint density at radius 3 is 2.80 bits per heavy atom. The molecule has 5 rings (SSSR count). The van der Waals surface area contributed by atoms with Gasteiger partial charge in [0.05, 0.1) is 23.2 Å². The van der Waals surface area contributed by atoms with Crippen LogP contribution in [0.3, 0.4) is 0 Å². The molecule has 2 heterocycles. The van der Waals surface area contributed by atoms with Gasteiger partial charge in [0.1, 0.15) is 0 Å². The molecule has 150 valence electrons. The van der Waals surface area contributed by atoms with Crippen molar-refractivity contribution in [1.82, 2.24) is 10.3 Å². The van der Waals surface area contributed by atoms with Crippen molar-refractivity contribution in [3.63, 3.8) is 0 Å². The molecule has 1 aromatic heterocycles. The highest BCUT2D eigenvalue weighted by Crippen LogP contribution is 2.42. The number of methoxy groups -OCH3 is 1. The van der Waals surface area contributed by atoms with E-state index in [9.17, 15) is 15.2 Å². The zero-order valence-corrected chi connectivity index (χ0v) is 16.3. The van der Waals surface area contributed by atoms with Crippen LogP contribution in [-0.2, 0) is 13.0 Å². The van der Waals surface area contributed by atoms with Gasteiger partial charge in [-0.15, -0.1) is 0 Å². The average Bonchev–Trinajstić information content (AvgIpc) is 2.78. The average molecular weight is 401 g/mol. The molecule has 0 spiro atoms. The van der Waals surface area contributed by atoms with Gasteiger partial charge in [0.2, 0.25) is 5.75 Å². The second-order valence-corrected chi connectivity index (χ2v) is 7.33. The largest absolute Gasteiger partial charge is 0.500 e. The highest BCUT2D eigenvalue weighted by Gasteiger charge is 2.25. The first kappa shape index (κ1) is 18.3. The SMILES string of the molecule is COc1cc(-c2nc3ccc4ccccc4c3c3c2CNCC3)cc([N+](=O)[O-])c1O. The van der Waals surface area contributed by atoms with Crippen molar-refractivity contribution in [2.75, 3.05) is 13.7 Å². The van der Waals surface area contributed by atoms with Gasteiger partial charge in [-0.3, -0.25) is 10.1 Å². The summed E-state index contributed by atoms with van der Waals surface area (Å²) in [7, 11) is 1.37. The predicted octanol–water partition coefficient (Wildman–Crippen LogP) is 4.32. The summed E-state index contributed by atoms with van der Waals surface area (Å²) in [6.07, 6.45) is 0.840. The predicted molar refractivity (Wildman–Crippen MR) is 115 cm³/mol. The van der Waals surface area contributed by atoms with Gasteiger partial charge in [-0.1, -0.05) is 30.3 Å². The van der Waals surface area contributed by atoms with Crippen LogP contribution in [0.2, 0.25) is 0 Å². The number of pyridine rings is 1. The Hall–Kier alpha value is -3.71. The summed E-state index contributed by atoms with van der Waals surface area (Å²) in [6, 6.07) is 15.2. The molecule has 2 N–H and O–H groups in total. The van der Waals surface area contributed by atoms with Crippen LogP contribution in [0.4, 0.5) is 5.69 Å². The van der Waals surface area contributed by atoms with E-state index in [0.717, 1.165) is 40.2 Å². The smallest absolute Gasteiger partial charge is 0.315 e. The van der Waals surface area contributed by atoms with Crippen molar-refractivity contribution in [3.8, 4) is 22.8 Å². The minimum Gasteiger partial charge on any atom is -0.500 e. The summed E-state index contributed by atoms with van der Waals surface area (Å²) >= 11 is 0. The topological polar surface area (TPSA) is 97.5 Å². The lowest BCUT2D eigenvalue weighted by Gasteiger charge is -2.23. The summed E-state index contributed by atoms with van der Waals surface area (Å²) in [4.78, 5) is 15.8. The maximum atomic E-state index is 11.5. The Morgan fingerprint density at radius 2 is 2.00 bits per heavy atom. The van der Waals surface area contributed by atoms with Crippen LogP contribution in [-0.4, -0.2) is 28.7 Å². The minimum atomic E-state index is -0.611. The number of phenols is 1. The molecule has 3 aromatic carbocycles. The monoisotopic (exact) mass is 401 g/mol. The van der Waals surface area contributed by atoms with E-state index in [2.05, 4.69) is 17.4 Å². The summed E-state index contributed by atoms with van der Waals surface area (Å²) in [5.74, 6) is -0.429. The summed E-state index contributed by atoms with van der Waals surface area (Å²) in [6.45, 7) is 1.47. The Bertz CT molecular complexity index is 1330. The number of nitro benzene ring substituents is 1. The van der Waals surface area contributed by atoms with Crippen LogP contribution in [0.5, 0.6) is 11.5 Å². The van der Waals surface area contributed by atoms with Crippen molar-refractivity contribution < 1.29 is 14.8 Å². The van der Waals surface area contributed by atoms with Crippen LogP contribution in [0, 0.1) is 10.1 Å². The summed E-state index contributed by atoms with van der Waals surface area (Å²) in [5.41, 5.74) is 3.89.